The highest BCUT2D eigenvalue weighted by atomic mass is 35.5. The number of carbonyl (C=O) groups is 1. The molecule has 0 radical (unpaired) electrons. The zero-order valence-corrected chi connectivity index (χ0v) is 7.13. The van der Waals surface area contributed by atoms with Crippen molar-refractivity contribution < 1.29 is 14.9 Å². The van der Waals surface area contributed by atoms with Crippen LogP contribution in [0.25, 0.3) is 0 Å². The molecule has 64 valence electrons. The molecule has 0 spiro atoms. The Morgan fingerprint density at radius 1 is 1.58 bits per heavy atom. The van der Waals surface area contributed by atoms with Gasteiger partial charge in [-0.05, 0) is 18.6 Å². The maximum Gasteiger partial charge on any atom is 0.374 e. The molecule has 0 saturated carbocycles. The van der Waals surface area contributed by atoms with Crippen LogP contribution in [0.3, 0.4) is 0 Å². The normalized spacial score (nSPS) is 9.58. The summed E-state index contributed by atoms with van der Waals surface area (Å²) in [7, 11) is 0. The monoisotopic (exact) mass is 186 g/mol. The van der Waals surface area contributed by atoms with Gasteiger partial charge in [0.15, 0.2) is 0 Å². The van der Waals surface area contributed by atoms with Crippen molar-refractivity contribution in [3.8, 4) is 0 Å². The van der Waals surface area contributed by atoms with Gasteiger partial charge in [-0.2, -0.15) is 5.26 Å². The van der Waals surface area contributed by atoms with Crippen molar-refractivity contribution in [3.63, 3.8) is 0 Å². The second-order valence-electron chi connectivity index (χ2n) is 2.32. The van der Waals surface area contributed by atoms with E-state index in [4.69, 9.17) is 16.9 Å². The van der Waals surface area contributed by atoms with Gasteiger partial charge in [0.1, 0.15) is 0 Å². The van der Waals surface area contributed by atoms with Gasteiger partial charge in [0, 0.05) is 0 Å². The molecule has 0 bridgehead atoms. The van der Waals surface area contributed by atoms with E-state index < -0.39 is 5.97 Å². The van der Waals surface area contributed by atoms with Crippen molar-refractivity contribution in [2.45, 2.75) is 6.92 Å². The van der Waals surface area contributed by atoms with Crippen LogP contribution >= 0.6 is 11.6 Å². The first kappa shape index (κ1) is 9.03. The minimum Gasteiger partial charge on any atom is -0.295 e. The van der Waals surface area contributed by atoms with E-state index in [1.165, 1.54) is 6.07 Å². The molecule has 1 N–H and O–H groups in total. The average molecular weight is 187 g/mol. The third kappa shape index (κ3) is 1.57. The van der Waals surface area contributed by atoms with Gasteiger partial charge in [-0.25, -0.2) is 4.79 Å². The highest BCUT2D eigenvalue weighted by molar-refractivity contribution is 6.34. The van der Waals surface area contributed by atoms with Gasteiger partial charge in [0.05, 0.1) is 10.6 Å². The summed E-state index contributed by atoms with van der Waals surface area (Å²) in [4.78, 5) is 14.4. The second-order valence-corrected chi connectivity index (χ2v) is 2.69. The first-order valence-corrected chi connectivity index (χ1v) is 3.65. The maximum atomic E-state index is 10.8. The van der Waals surface area contributed by atoms with E-state index in [-0.39, 0.29) is 5.56 Å². The minimum absolute atomic E-state index is 0.166. The fraction of sp³-hybridized carbons (Fsp3) is 0.125. The predicted octanol–water partition coefficient (Wildman–Crippen LogP) is 2.28. The van der Waals surface area contributed by atoms with Gasteiger partial charge >= 0.3 is 5.97 Å². The molecule has 0 aliphatic carbocycles. The number of hydrogen-bond acceptors (Lipinski definition) is 3. The number of rotatable bonds is 1. The van der Waals surface area contributed by atoms with Gasteiger partial charge in [0.25, 0.3) is 0 Å². The van der Waals surface area contributed by atoms with E-state index in [0.717, 1.165) is 5.56 Å². The van der Waals surface area contributed by atoms with Crippen molar-refractivity contribution in [1.82, 2.24) is 0 Å². The zero-order chi connectivity index (χ0) is 9.14. The van der Waals surface area contributed by atoms with E-state index in [9.17, 15) is 4.79 Å². The fourth-order valence-corrected chi connectivity index (χ4v) is 1.06. The van der Waals surface area contributed by atoms with E-state index in [2.05, 4.69) is 4.89 Å². The van der Waals surface area contributed by atoms with E-state index in [0.29, 0.717) is 5.02 Å². The van der Waals surface area contributed by atoms with Crippen LogP contribution in [0.2, 0.25) is 5.02 Å². The molecule has 1 aromatic rings. The first-order chi connectivity index (χ1) is 5.66. The molecule has 0 saturated heterocycles. The van der Waals surface area contributed by atoms with Crippen LogP contribution in [-0.4, -0.2) is 11.2 Å². The van der Waals surface area contributed by atoms with Gasteiger partial charge in [-0.3, -0.25) is 4.89 Å². The second kappa shape index (κ2) is 3.56. The molecule has 0 heterocycles. The lowest BCUT2D eigenvalue weighted by Gasteiger charge is -2.01. The molecule has 4 heteroatoms. The average Bonchev–Trinajstić information content (AvgIpc) is 2.08. The van der Waals surface area contributed by atoms with Crippen LogP contribution in [0.4, 0.5) is 0 Å². The van der Waals surface area contributed by atoms with Crippen LogP contribution < -0.4 is 0 Å². The Hall–Kier alpha value is -1.06. The quantitative estimate of drug-likeness (QED) is 0.541. The molecule has 0 aliphatic rings. The lowest BCUT2D eigenvalue weighted by atomic mass is 10.1. The molecular formula is C8H7ClO3. The third-order valence-corrected chi connectivity index (χ3v) is 2.00. The number of aryl methyl sites for hydroxylation is 1. The highest BCUT2D eigenvalue weighted by Gasteiger charge is 2.12. The molecule has 0 atom stereocenters. The molecule has 1 aromatic carbocycles. The fourth-order valence-electron chi connectivity index (χ4n) is 0.854. The van der Waals surface area contributed by atoms with Crippen molar-refractivity contribution >= 4 is 17.6 Å². The highest BCUT2D eigenvalue weighted by Crippen LogP contribution is 2.20. The largest absolute Gasteiger partial charge is 0.374 e. The SMILES string of the molecule is Cc1cccc(C(=O)OO)c1Cl. The summed E-state index contributed by atoms with van der Waals surface area (Å²) >= 11 is 5.75. The summed E-state index contributed by atoms with van der Waals surface area (Å²) in [5.41, 5.74) is 0.929. The van der Waals surface area contributed by atoms with Crippen molar-refractivity contribution in [1.29, 1.82) is 0 Å². The number of hydrogen-bond donors (Lipinski definition) is 1. The number of benzene rings is 1. The van der Waals surface area contributed by atoms with Gasteiger partial charge in [-0.15, -0.1) is 0 Å². The van der Waals surface area contributed by atoms with Crippen LogP contribution in [0.5, 0.6) is 0 Å². The van der Waals surface area contributed by atoms with Crippen LogP contribution in [0, 0.1) is 6.92 Å². The molecular weight excluding hydrogens is 180 g/mol. The van der Waals surface area contributed by atoms with Crippen LogP contribution in [0.15, 0.2) is 18.2 Å². The molecule has 0 amide bonds. The van der Waals surface area contributed by atoms with E-state index >= 15 is 0 Å². The lowest BCUT2D eigenvalue weighted by molar-refractivity contribution is -0.182. The molecule has 1 rings (SSSR count). The summed E-state index contributed by atoms with van der Waals surface area (Å²) in [6, 6.07) is 4.90. The minimum atomic E-state index is -0.844. The molecule has 12 heavy (non-hydrogen) atoms. The van der Waals surface area contributed by atoms with Crippen LogP contribution in [-0.2, 0) is 4.89 Å². The van der Waals surface area contributed by atoms with Crippen molar-refractivity contribution in [2.24, 2.45) is 0 Å². The Labute approximate surface area is 74.5 Å². The summed E-state index contributed by atoms with van der Waals surface area (Å²) in [5.74, 6) is -0.844. The molecule has 0 aromatic heterocycles. The van der Waals surface area contributed by atoms with Gasteiger partial charge < -0.3 is 0 Å². The van der Waals surface area contributed by atoms with E-state index in [1.54, 1.807) is 19.1 Å². The Kier molecular flexibility index (Phi) is 2.68. The predicted molar refractivity (Wildman–Crippen MR) is 44.2 cm³/mol. The number of carbonyl (C=O) groups excluding carboxylic acids is 1. The summed E-state index contributed by atoms with van der Waals surface area (Å²) in [6.45, 7) is 1.76. The molecule has 0 unspecified atom stereocenters. The van der Waals surface area contributed by atoms with Crippen LogP contribution in [0.1, 0.15) is 15.9 Å². The lowest BCUT2D eigenvalue weighted by Crippen LogP contribution is -2.02. The Bertz CT molecular complexity index is 309. The summed E-state index contributed by atoms with van der Waals surface area (Å²) in [5, 5.41) is 8.40. The molecule has 0 aliphatic heterocycles. The summed E-state index contributed by atoms with van der Waals surface area (Å²) in [6.07, 6.45) is 0. The third-order valence-electron chi connectivity index (χ3n) is 1.49. The van der Waals surface area contributed by atoms with Gasteiger partial charge in [-0.1, -0.05) is 23.7 Å². The summed E-state index contributed by atoms with van der Waals surface area (Å²) < 4.78 is 0. The Balaban J connectivity index is 3.16. The van der Waals surface area contributed by atoms with Crippen molar-refractivity contribution in [3.05, 3.63) is 34.3 Å². The van der Waals surface area contributed by atoms with Crippen molar-refractivity contribution in [2.75, 3.05) is 0 Å². The zero-order valence-electron chi connectivity index (χ0n) is 6.37. The first-order valence-electron chi connectivity index (χ1n) is 3.27. The van der Waals surface area contributed by atoms with E-state index in [1.807, 2.05) is 0 Å². The molecule has 0 fully saturated rings. The topological polar surface area (TPSA) is 46.5 Å². The molecule has 3 nitrogen and oxygen atoms in total. The smallest absolute Gasteiger partial charge is 0.295 e. The Morgan fingerprint density at radius 2 is 2.25 bits per heavy atom. The Morgan fingerprint density at radius 3 is 2.83 bits per heavy atom. The standard InChI is InChI=1S/C8H7ClO3/c1-5-3-2-4-6(7(5)9)8(10)12-11/h2-4,11H,1H3. The van der Waals surface area contributed by atoms with Gasteiger partial charge in [0.2, 0.25) is 0 Å². The maximum absolute atomic E-state index is 10.8. The number of halogens is 1.